The van der Waals surface area contributed by atoms with Gasteiger partial charge in [-0.3, -0.25) is 34.0 Å². The van der Waals surface area contributed by atoms with Crippen LogP contribution < -0.4 is 10.7 Å². The number of methoxy groups -OCH3 is 1. The van der Waals surface area contributed by atoms with E-state index < -0.39 is 47.2 Å². The second-order valence-electron chi connectivity index (χ2n) is 21.7. The van der Waals surface area contributed by atoms with E-state index in [0.29, 0.717) is 45.3 Å². The van der Waals surface area contributed by atoms with Crippen molar-refractivity contribution in [3.63, 3.8) is 0 Å². The molecule has 4 aliphatic rings. The molecule has 0 saturated carbocycles. The minimum Gasteiger partial charge on any atom is -0.464 e. The van der Waals surface area contributed by atoms with E-state index in [9.17, 15) is 24.0 Å². The number of benzene rings is 2. The number of ether oxygens (including phenoxy) is 2. The van der Waals surface area contributed by atoms with E-state index in [1.54, 1.807) is 25.3 Å². The van der Waals surface area contributed by atoms with Gasteiger partial charge in [-0.15, -0.1) is 0 Å². The molecule has 2 aromatic carbocycles. The van der Waals surface area contributed by atoms with Gasteiger partial charge in [-0.2, -0.15) is 0 Å². The van der Waals surface area contributed by atoms with E-state index in [2.05, 4.69) is 89.2 Å². The second-order valence-corrected chi connectivity index (χ2v) is 21.7. The molecular formula is C56H72N8O7. The monoisotopic (exact) mass is 969 g/mol. The Bertz CT molecular complexity index is 2750. The van der Waals surface area contributed by atoms with E-state index >= 15 is 0 Å². The molecule has 4 amide bonds. The predicted molar refractivity (Wildman–Crippen MR) is 273 cm³/mol. The highest BCUT2D eigenvalue weighted by molar-refractivity contribution is 5.97. The lowest BCUT2D eigenvalue weighted by atomic mass is 9.83. The van der Waals surface area contributed by atoms with Gasteiger partial charge in [0.2, 0.25) is 11.8 Å². The Morgan fingerprint density at radius 2 is 1.77 bits per heavy atom. The number of hydrogen-bond donors (Lipinski definition) is 2. The van der Waals surface area contributed by atoms with Crippen LogP contribution in [0.25, 0.3) is 33.3 Å². The Kier molecular flexibility index (Phi) is 15.1. The van der Waals surface area contributed by atoms with E-state index in [1.165, 1.54) is 9.91 Å². The molecule has 6 bridgehead atoms. The van der Waals surface area contributed by atoms with Crippen LogP contribution in [0, 0.1) is 34.5 Å². The van der Waals surface area contributed by atoms with Crippen LogP contribution in [0.1, 0.15) is 90.7 Å². The third kappa shape index (κ3) is 10.9. The lowest BCUT2D eigenvalue weighted by Crippen LogP contribution is -2.62. The fourth-order valence-electron chi connectivity index (χ4n) is 11.2. The lowest BCUT2D eigenvalue weighted by molar-refractivity contribution is -0.155. The molecule has 2 aromatic heterocycles. The molecule has 3 saturated heterocycles. The maximum Gasteiger partial charge on any atom is 0.324 e. The predicted octanol–water partition coefficient (Wildman–Crippen LogP) is 6.03. The molecule has 0 aliphatic carbocycles. The molecule has 0 spiro atoms. The van der Waals surface area contributed by atoms with Crippen LogP contribution in [-0.2, 0) is 52.8 Å². The summed E-state index contributed by atoms with van der Waals surface area (Å²) in [6, 6.07) is 15.9. The third-order valence-electron chi connectivity index (χ3n) is 14.8. The number of hydrazine groups is 1. The number of hydrogen-bond acceptors (Lipinski definition) is 10. The summed E-state index contributed by atoms with van der Waals surface area (Å²) in [4.78, 5) is 80.9. The summed E-state index contributed by atoms with van der Waals surface area (Å²) in [5.74, 6) is 3.29. The van der Waals surface area contributed by atoms with Crippen molar-refractivity contribution in [3.8, 4) is 34.2 Å². The summed E-state index contributed by atoms with van der Waals surface area (Å²) < 4.78 is 14.3. The number of likely N-dealkylation sites (N-methyl/N-ethyl adjacent to an activating group) is 1. The van der Waals surface area contributed by atoms with Gasteiger partial charge >= 0.3 is 5.97 Å². The first-order valence-electron chi connectivity index (χ1n) is 25.3. The minimum absolute atomic E-state index is 0.134. The number of carbonyl (C=O) groups excluding carboxylic acids is 5. The topological polar surface area (TPSA) is 159 Å². The molecule has 71 heavy (non-hydrogen) atoms. The minimum atomic E-state index is -1.06. The Morgan fingerprint density at radius 3 is 2.49 bits per heavy atom. The van der Waals surface area contributed by atoms with Crippen molar-refractivity contribution >= 4 is 40.5 Å². The number of likely N-dealkylation sites (tertiary alicyclic amines) is 2. The highest BCUT2D eigenvalue weighted by Crippen LogP contribution is 2.42. The summed E-state index contributed by atoms with van der Waals surface area (Å²) in [5, 5.41) is 5.61. The first-order chi connectivity index (χ1) is 33.8. The summed E-state index contributed by atoms with van der Waals surface area (Å²) in [6.07, 6.45) is 3.74. The zero-order valence-electron chi connectivity index (χ0n) is 43.3. The molecule has 8 rings (SSSR count). The van der Waals surface area contributed by atoms with Crippen molar-refractivity contribution in [2.24, 2.45) is 22.7 Å². The molecule has 4 aromatic rings. The standard InChI is InChI=1S/C56H72N8O7/c1-11-63-46-20-19-39-29-42(46)43(50(63)41-17-13-24-57-48(41)36(4)70-10)30-55(5,6)34-71-54(69)44-18-14-25-64(59-44)53(68)45(28-37-15-12-16-38(39)27-37)58-51(66)49(35(2)3)61(9)52(67)40-22-26-62(31-40)47(65)21-23-56(7)32-60(8)33-56/h12-13,15-17,19-20,24,27,29,35-36,40,44-45,49,59H,11,14,18,22,25-26,28,30-34H2,1-10H3,(H,58,66)/t36-,40-,44-,45-,49-/m0/s1. The van der Waals surface area contributed by atoms with Crippen LogP contribution in [0.2, 0.25) is 0 Å². The van der Waals surface area contributed by atoms with Gasteiger partial charge in [0.05, 0.1) is 35.4 Å². The largest absolute Gasteiger partial charge is 0.464 e. The van der Waals surface area contributed by atoms with Gasteiger partial charge in [0, 0.05) is 87.9 Å². The van der Waals surface area contributed by atoms with E-state index in [0.717, 1.165) is 63.2 Å². The van der Waals surface area contributed by atoms with Crippen molar-refractivity contribution in [1.29, 1.82) is 0 Å². The number of nitrogens with one attached hydrogen (secondary N) is 2. The SMILES string of the molecule is CCn1c(-c2cccnc2[C@H](C)OC)c2c3cc(ccc31)-c1cccc(c1)C[C@H](NC(=O)[C@H](C(C)C)N(C)C(=O)[C@H]1CCN(C(=O)C#CC3(C)CN(C)C3)C1)C(=O)N1CCC[C@H](N1)C(=O)OCC(C)(C)C2. The van der Waals surface area contributed by atoms with E-state index in [1.807, 2.05) is 52.9 Å². The number of aryl methyl sites for hydroxylation is 1. The summed E-state index contributed by atoms with van der Waals surface area (Å²) >= 11 is 0. The number of aromatic nitrogens is 2. The Balaban J connectivity index is 1.12. The number of cyclic esters (lactones) is 1. The quantitative estimate of drug-likeness (QED) is 0.150. The molecule has 5 atom stereocenters. The van der Waals surface area contributed by atoms with Crippen LogP contribution in [0.3, 0.4) is 0 Å². The van der Waals surface area contributed by atoms with Gasteiger partial charge < -0.3 is 34.1 Å². The number of carbonyl (C=O) groups is 5. The number of fused-ring (bicyclic) bond motifs is 6. The summed E-state index contributed by atoms with van der Waals surface area (Å²) in [6.45, 7) is 17.5. The number of esters is 1. The van der Waals surface area contributed by atoms with Gasteiger partial charge in [-0.1, -0.05) is 63.9 Å². The zero-order valence-corrected chi connectivity index (χ0v) is 43.3. The molecule has 2 N–H and O–H groups in total. The molecule has 6 heterocycles. The molecule has 15 heteroatoms. The van der Waals surface area contributed by atoms with Crippen molar-refractivity contribution in [1.82, 2.24) is 40.0 Å². The smallest absolute Gasteiger partial charge is 0.324 e. The van der Waals surface area contributed by atoms with Crippen LogP contribution in [0.15, 0.2) is 60.8 Å². The summed E-state index contributed by atoms with van der Waals surface area (Å²) in [5.41, 5.74) is 10.3. The molecular weight excluding hydrogens is 897 g/mol. The van der Waals surface area contributed by atoms with Crippen molar-refractivity contribution < 1.29 is 33.4 Å². The van der Waals surface area contributed by atoms with Gasteiger partial charge in [-0.05, 0) is 112 Å². The molecule has 3 fully saturated rings. The van der Waals surface area contributed by atoms with E-state index in [-0.39, 0.29) is 48.8 Å². The van der Waals surface area contributed by atoms with Crippen LogP contribution in [-0.4, -0.2) is 138 Å². The molecule has 0 unspecified atom stereocenters. The van der Waals surface area contributed by atoms with Crippen LogP contribution in [0.5, 0.6) is 0 Å². The highest BCUT2D eigenvalue weighted by atomic mass is 16.5. The van der Waals surface area contributed by atoms with E-state index in [4.69, 9.17) is 14.5 Å². The lowest BCUT2D eigenvalue weighted by Gasteiger charge is -2.42. The molecule has 4 aliphatic heterocycles. The molecule has 378 valence electrons. The van der Waals surface area contributed by atoms with Crippen molar-refractivity contribution in [2.75, 3.05) is 60.5 Å². The third-order valence-corrected chi connectivity index (χ3v) is 14.8. The number of amides is 4. The van der Waals surface area contributed by atoms with Gasteiger partial charge in [0.1, 0.15) is 18.1 Å². The second kappa shape index (κ2) is 20.9. The number of rotatable bonds is 9. The average molecular weight is 969 g/mol. The molecule has 15 nitrogen and oxygen atoms in total. The number of nitrogens with zero attached hydrogens (tertiary/aromatic N) is 6. The van der Waals surface area contributed by atoms with Gasteiger partial charge in [-0.25, -0.2) is 5.43 Å². The van der Waals surface area contributed by atoms with Crippen LogP contribution >= 0.6 is 0 Å². The molecule has 0 radical (unpaired) electrons. The average Bonchev–Trinajstić information content (AvgIpc) is 3.96. The fraction of sp³-hybridized carbons (Fsp3) is 0.536. The maximum atomic E-state index is 14.8. The van der Waals surface area contributed by atoms with Gasteiger partial charge in [0.25, 0.3) is 11.8 Å². The van der Waals surface area contributed by atoms with Crippen LogP contribution in [0.4, 0.5) is 0 Å². The maximum absolute atomic E-state index is 14.8. The highest BCUT2D eigenvalue weighted by Gasteiger charge is 2.41. The zero-order chi connectivity index (χ0) is 50.9. The van der Waals surface area contributed by atoms with Gasteiger partial charge in [0.15, 0.2) is 0 Å². The first-order valence-corrected chi connectivity index (χ1v) is 25.3. The summed E-state index contributed by atoms with van der Waals surface area (Å²) in [7, 11) is 5.33. The normalized spacial score (nSPS) is 22.2. The number of pyridine rings is 1. The first kappa shape index (κ1) is 51.3. The van der Waals surface area contributed by atoms with Crippen molar-refractivity contribution in [3.05, 3.63) is 77.6 Å². The fourth-order valence-corrected chi connectivity index (χ4v) is 11.2. The Hall–Kier alpha value is -6.08. The van der Waals surface area contributed by atoms with Crippen molar-refractivity contribution in [2.45, 2.75) is 111 Å². The Labute approximate surface area is 418 Å². The Morgan fingerprint density at radius 1 is 1.01 bits per heavy atom.